The predicted molar refractivity (Wildman–Crippen MR) is 66.1 cm³/mol. The summed E-state index contributed by atoms with van der Waals surface area (Å²) >= 11 is 0. The molecule has 0 bridgehead atoms. The van der Waals surface area contributed by atoms with Gasteiger partial charge in [0.15, 0.2) is 0 Å². The summed E-state index contributed by atoms with van der Waals surface area (Å²) in [6, 6.07) is 1.73. The second-order valence-corrected chi connectivity index (χ2v) is 4.69. The van der Waals surface area contributed by atoms with E-state index in [0.29, 0.717) is 12.3 Å². The first kappa shape index (κ1) is 14.1. The van der Waals surface area contributed by atoms with Crippen LogP contribution in [0.1, 0.15) is 38.8 Å². The van der Waals surface area contributed by atoms with Gasteiger partial charge in [0.25, 0.3) is 0 Å². The zero-order valence-corrected chi connectivity index (χ0v) is 10.7. The van der Waals surface area contributed by atoms with Crippen LogP contribution in [0.3, 0.4) is 0 Å². The van der Waals surface area contributed by atoms with Crippen molar-refractivity contribution in [2.45, 2.75) is 39.3 Å². The fraction of sp³-hybridized carbons (Fsp3) is 0.615. The van der Waals surface area contributed by atoms with E-state index in [9.17, 15) is 4.39 Å². The van der Waals surface area contributed by atoms with E-state index >= 15 is 0 Å². The minimum absolute atomic E-state index is 0.0251. The van der Waals surface area contributed by atoms with E-state index in [1.165, 1.54) is 12.3 Å². The van der Waals surface area contributed by atoms with E-state index < -0.39 is 0 Å². The molecule has 17 heavy (non-hydrogen) atoms. The van der Waals surface area contributed by atoms with Gasteiger partial charge in [0.1, 0.15) is 5.82 Å². The summed E-state index contributed by atoms with van der Waals surface area (Å²) in [5.74, 6) is 0.102. The van der Waals surface area contributed by atoms with Crippen molar-refractivity contribution in [1.82, 2.24) is 10.3 Å². The maximum atomic E-state index is 13.0. The van der Waals surface area contributed by atoms with Crippen molar-refractivity contribution in [2.24, 2.45) is 5.92 Å². The minimum atomic E-state index is -0.320. The number of hydrogen-bond acceptors (Lipinski definition) is 3. The zero-order chi connectivity index (χ0) is 12.8. The lowest BCUT2D eigenvalue weighted by atomic mass is 9.99. The maximum absolute atomic E-state index is 13.0. The van der Waals surface area contributed by atoms with Gasteiger partial charge in [-0.2, -0.15) is 0 Å². The Kier molecular flexibility index (Phi) is 5.51. The van der Waals surface area contributed by atoms with E-state index in [1.807, 2.05) is 6.92 Å². The molecule has 1 aromatic rings. The maximum Gasteiger partial charge on any atom is 0.141 e. The van der Waals surface area contributed by atoms with Crippen LogP contribution in [-0.2, 0) is 0 Å². The molecule has 2 unspecified atom stereocenters. The van der Waals surface area contributed by atoms with Crippen LogP contribution in [-0.4, -0.2) is 22.7 Å². The summed E-state index contributed by atoms with van der Waals surface area (Å²) in [4.78, 5) is 3.84. The second-order valence-electron chi connectivity index (χ2n) is 4.69. The number of nitrogens with one attached hydrogen (secondary N) is 1. The second kappa shape index (κ2) is 6.67. The highest BCUT2D eigenvalue weighted by molar-refractivity contribution is 5.14. The molecule has 2 atom stereocenters. The van der Waals surface area contributed by atoms with Crippen molar-refractivity contribution in [1.29, 1.82) is 0 Å². The number of nitrogens with zero attached hydrogens (tertiary/aromatic N) is 1. The summed E-state index contributed by atoms with van der Waals surface area (Å²) in [7, 11) is 0. The third-order valence-electron chi connectivity index (χ3n) is 2.93. The van der Waals surface area contributed by atoms with Crippen LogP contribution < -0.4 is 5.32 Å². The molecule has 0 saturated heterocycles. The summed E-state index contributed by atoms with van der Waals surface area (Å²) in [6.07, 6.45) is 3.56. The van der Waals surface area contributed by atoms with Gasteiger partial charge in [-0.25, -0.2) is 4.39 Å². The fourth-order valence-corrected chi connectivity index (χ4v) is 1.83. The molecule has 0 fully saturated rings. The number of pyridine rings is 1. The highest BCUT2D eigenvalue weighted by atomic mass is 19.1. The Morgan fingerprint density at radius 3 is 2.59 bits per heavy atom. The van der Waals surface area contributed by atoms with Crippen molar-refractivity contribution >= 4 is 0 Å². The lowest BCUT2D eigenvalue weighted by molar-refractivity contribution is 0.237. The molecule has 2 N–H and O–H groups in total. The van der Waals surface area contributed by atoms with Gasteiger partial charge in [-0.05, 0) is 30.9 Å². The van der Waals surface area contributed by atoms with Crippen molar-refractivity contribution in [3.05, 3.63) is 29.8 Å². The standard InChI is InChI=1S/C13H21FN2O/c1-9(2)13(4-5-17)16-10(3)11-6-12(14)8-15-7-11/h6-10,13,16-17H,4-5H2,1-3H3. The highest BCUT2D eigenvalue weighted by Crippen LogP contribution is 2.16. The first-order valence-corrected chi connectivity index (χ1v) is 6.02. The summed E-state index contributed by atoms with van der Waals surface area (Å²) in [5, 5.41) is 12.4. The van der Waals surface area contributed by atoms with Crippen molar-refractivity contribution in [3.8, 4) is 0 Å². The summed E-state index contributed by atoms with van der Waals surface area (Å²) in [6.45, 7) is 6.33. The van der Waals surface area contributed by atoms with E-state index in [2.05, 4.69) is 24.1 Å². The molecule has 1 aromatic heterocycles. The van der Waals surface area contributed by atoms with Gasteiger partial charge in [0, 0.05) is 24.9 Å². The molecule has 0 aliphatic carbocycles. The first-order chi connectivity index (χ1) is 8.04. The number of aliphatic hydroxyl groups is 1. The highest BCUT2D eigenvalue weighted by Gasteiger charge is 2.16. The Morgan fingerprint density at radius 2 is 2.06 bits per heavy atom. The van der Waals surface area contributed by atoms with Gasteiger partial charge in [-0.15, -0.1) is 0 Å². The Labute approximate surface area is 102 Å². The molecule has 0 aliphatic rings. The molecule has 0 aromatic carbocycles. The molecule has 0 spiro atoms. The normalized spacial score (nSPS) is 14.9. The molecule has 0 amide bonds. The molecule has 4 heteroatoms. The third kappa shape index (κ3) is 4.40. The summed E-state index contributed by atoms with van der Waals surface area (Å²) < 4.78 is 13.0. The minimum Gasteiger partial charge on any atom is -0.396 e. The lowest BCUT2D eigenvalue weighted by Crippen LogP contribution is -2.36. The average Bonchev–Trinajstić information content (AvgIpc) is 2.28. The average molecular weight is 240 g/mol. The molecule has 1 heterocycles. The third-order valence-corrected chi connectivity index (χ3v) is 2.93. The topological polar surface area (TPSA) is 45.1 Å². The van der Waals surface area contributed by atoms with E-state index in [1.54, 1.807) is 6.20 Å². The van der Waals surface area contributed by atoms with Crippen LogP contribution in [0.2, 0.25) is 0 Å². The molecule has 1 rings (SSSR count). The van der Waals surface area contributed by atoms with Crippen molar-refractivity contribution < 1.29 is 9.50 Å². The number of aliphatic hydroxyl groups excluding tert-OH is 1. The summed E-state index contributed by atoms with van der Waals surface area (Å²) in [5.41, 5.74) is 0.827. The molecular formula is C13H21FN2O. The Hall–Kier alpha value is -1.00. The lowest BCUT2D eigenvalue weighted by Gasteiger charge is -2.26. The quantitative estimate of drug-likeness (QED) is 0.802. The van der Waals surface area contributed by atoms with Gasteiger partial charge >= 0.3 is 0 Å². The zero-order valence-electron chi connectivity index (χ0n) is 10.7. The van der Waals surface area contributed by atoms with Gasteiger partial charge in [0.05, 0.1) is 6.20 Å². The number of aromatic nitrogens is 1. The molecule has 0 saturated carbocycles. The van der Waals surface area contributed by atoms with Gasteiger partial charge in [-0.1, -0.05) is 13.8 Å². The molecule has 0 aliphatic heterocycles. The molecular weight excluding hydrogens is 219 g/mol. The van der Waals surface area contributed by atoms with Gasteiger partial charge in [0.2, 0.25) is 0 Å². The monoisotopic (exact) mass is 240 g/mol. The van der Waals surface area contributed by atoms with E-state index in [0.717, 1.165) is 5.56 Å². The van der Waals surface area contributed by atoms with Crippen LogP contribution in [0, 0.1) is 11.7 Å². The fourth-order valence-electron chi connectivity index (χ4n) is 1.83. The van der Waals surface area contributed by atoms with E-state index in [4.69, 9.17) is 5.11 Å². The Balaban J connectivity index is 2.66. The molecule has 0 radical (unpaired) electrons. The number of rotatable bonds is 6. The van der Waals surface area contributed by atoms with Crippen LogP contribution in [0.4, 0.5) is 4.39 Å². The van der Waals surface area contributed by atoms with E-state index in [-0.39, 0.29) is 24.5 Å². The van der Waals surface area contributed by atoms with Crippen LogP contribution in [0.15, 0.2) is 18.5 Å². The van der Waals surface area contributed by atoms with Crippen molar-refractivity contribution in [2.75, 3.05) is 6.61 Å². The smallest absolute Gasteiger partial charge is 0.141 e. The Morgan fingerprint density at radius 1 is 1.35 bits per heavy atom. The predicted octanol–water partition coefficient (Wildman–Crippen LogP) is 2.28. The van der Waals surface area contributed by atoms with Gasteiger partial charge < -0.3 is 10.4 Å². The first-order valence-electron chi connectivity index (χ1n) is 6.02. The van der Waals surface area contributed by atoms with Crippen LogP contribution in [0.25, 0.3) is 0 Å². The number of hydrogen-bond donors (Lipinski definition) is 2. The molecule has 3 nitrogen and oxygen atoms in total. The number of halogens is 1. The van der Waals surface area contributed by atoms with Crippen LogP contribution >= 0.6 is 0 Å². The Bertz CT molecular complexity index is 344. The van der Waals surface area contributed by atoms with Gasteiger partial charge in [-0.3, -0.25) is 4.98 Å². The van der Waals surface area contributed by atoms with Crippen LogP contribution in [0.5, 0.6) is 0 Å². The molecule has 96 valence electrons. The largest absolute Gasteiger partial charge is 0.396 e. The SMILES string of the molecule is CC(NC(CCO)C(C)C)c1cncc(F)c1. The van der Waals surface area contributed by atoms with Crippen molar-refractivity contribution in [3.63, 3.8) is 0 Å².